The Labute approximate surface area is 131 Å². The molecule has 1 rings (SSSR count). The van der Waals surface area contributed by atoms with Crippen LogP contribution in [0.2, 0.25) is 0 Å². The first-order valence-electron chi connectivity index (χ1n) is 9.15. The number of nitrogens with one attached hydrogen (secondary N) is 1. The van der Waals surface area contributed by atoms with E-state index in [2.05, 4.69) is 33.0 Å². The molecular weight excluding hydrogens is 262 g/mol. The molecular formula is C18H37NO2. The molecule has 0 heterocycles. The van der Waals surface area contributed by atoms with E-state index in [-0.39, 0.29) is 6.10 Å². The Morgan fingerprint density at radius 1 is 1.14 bits per heavy atom. The molecule has 1 aliphatic rings. The Bertz CT molecular complexity index is 256. The maximum atomic E-state index is 10.1. The lowest BCUT2D eigenvalue weighted by atomic mass is 9.85. The van der Waals surface area contributed by atoms with Gasteiger partial charge in [-0.3, -0.25) is 0 Å². The van der Waals surface area contributed by atoms with Gasteiger partial charge in [0, 0.05) is 12.6 Å². The van der Waals surface area contributed by atoms with Gasteiger partial charge in [-0.05, 0) is 31.6 Å². The second kappa shape index (κ2) is 10.6. The average Bonchev–Trinajstić information content (AvgIpc) is 2.52. The Morgan fingerprint density at radius 2 is 1.81 bits per heavy atom. The summed E-state index contributed by atoms with van der Waals surface area (Å²) in [5.74, 6) is 1.39. The van der Waals surface area contributed by atoms with Crippen molar-refractivity contribution in [1.29, 1.82) is 0 Å². The molecule has 0 amide bonds. The number of aliphatic hydroxyl groups excluding tert-OH is 1. The molecule has 0 aromatic heterocycles. The zero-order chi connectivity index (χ0) is 15.7. The van der Waals surface area contributed by atoms with Crippen molar-refractivity contribution in [3.05, 3.63) is 0 Å². The number of aliphatic hydroxyl groups is 1. The lowest BCUT2D eigenvalue weighted by molar-refractivity contribution is -0.0505. The van der Waals surface area contributed by atoms with Crippen LogP contribution in [0, 0.1) is 11.8 Å². The van der Waals surface area contributed by atoms with Gasteiger partial charge in [-0.25, -0.2) is 0 Å². The Balaban J connectivity index is 2.22. The Hall–Kier alpha value is -0.120. The molecule has 21 heavy (non-hydrogen) atoms. The molecule has 0 saturated heterocycles. The molecule has 126 valence electrons. The van der Waals surface area contributed by atoms with E-state index in [0.717, 1.165) is 0 Å². The number of rotatable bonds is 10. The van der Waals surface area contributed by atoms with E-state index in [9.17, 15) is 5.11 Å². The fraction of sp³-hybridized carbons (Fsp3) is 1.00. The quantitative estimate of drug-likeness (QED) is 0.645. The molecule has 0 bridgehead atoms. The molecule has 1 fully saturated rings. The topological polar surface area (TPSA) is 41.5 Å². The van der Waals surface area contributed by atoms with Crippen LogP contribution >= 0.6 is 0 Å². The molecule has 4 unspecified atom stereocenters. The molecule has 2 N–H and O–H groups in total. The van der Waals surface area contributed by atoms with Crippen LogP contribution in [0.5, 0.6) is 0 Å². The van der Waals surface area contributed by atoms with Crippen molar-refractivity contribution in [2.45, 2.75) is 90.9 Å². The zero-order valence-electron chi connectivity index (χ0n) is 14.6. The smallest absolute Gasteiger partial charge is 0.0897 e. The fourth-order valence-corrected chi connectivity index (χ4v) is 3.64. The second-order valence-corrected chi connectivity index (χ2v) is 6.75. The van der Waals surface area contributed by atoms with Gasteiger partial charge >= 0.3 is 0 Å². The van der Waals surface area contributed by atoms with Crippen LogP contribution in [0.25, 0.3) is 0 Å². The molecule has 3 nitrogen and oxygen atoms in total. The molecule has 0 aromatic rings. The molecule has 3 heteroatoms. The van der Waals surface area contributed by atoms with Crippen molar-refractivity contribution in [3.63, 3.8) is 0 Å². The predicted molar refractivity (Wildman–Crippen MR) is 89.5 cm³/mol. The lowest BCUT2D eigenvalue weighted by Crippen LogP contribution is -2.40. The normalized spacial score (nSPS) is 26.0. The summed E-state index contributed by atoms with van der Waals surface area (Å²) in [5.41, 5.74) is 0. The zero-order valence-corrected chi connectivity index (χ0v) is 14.6. The van der Waals surface area contributed by atoms with Crippen LogP contribution in [-0.4, -0.2) is 36.5 Å². The van der Waals surface area contributed by atoms with E-state index >= 15 is 0 Å². The lowest BCUT2D eigenvalue weighted by Gasteiger charge is -2.31. The van der Waals surface area contributed by atoms with E-state index in [1.54, 1.807) is 0 Å². The third kappa shape index (κ3) is 6.66. The largest absolute Gasteiger partial charge is 0.389 e. The van der Waals surface area contributed by atoms with Crippen LogP contribution in [0.15, 0.2) is 0 Å². The van der Waals surface area contributed by atoms with Gasteiger partial charge in [0.25, 0.3) is 0 Å². The Morgan fingerprint density at radius 3 is 2.43 bits per heavy atom. The maximum Gasteiger partial charge on any atom is 0.0897 e. The molecule has 0 aliphatic heterocycles. The summed E-state index contributed by atoms with van der Waals surface area (Å²) in [7, 11) is 0. The van der Waals surface area contributed by atoms with E-state index in [4.69, 9.17) is 4.74 Å². The maximum absolute atomic E-state index is 10.1. The van der Waals surface area contributed by atoms with Gasteiger partial charge in [-0.1, -0.05) is 52.9 Å². The summed E-state index contributed by atoms with van der Waals surface area (Å²) in [5, 5.41) is 13.6. The highest BCUT2D eigenvalue weighted by atomic mass is 16.5. The van der Waals surface area contributed by atoms with E-state index in [1.165, 1.54) is 44.9 Å². The summed E-state index contributed by atoms with van der Waals surface area (Å²) < 4.78 is 6.00. The summed E-state index contributed by atoms with van der Waals surface area (Å²) in [6, 6.07) is 0.465. The first-order valence-corrected chi connectivity index (χ1v) is 9.15. The minimum absolute atomic E-state index is 0.370. The van der Waals surface area contributed by atoms with Gasteiger partial charge in [0.1, 0.15) is 0 Å². The van der Waals surface area contributed by atoms with Crippen LogP contribution in [-0.2, 0) is 4.74 Å². The molecule has 1 aliphatic carbocycles. The van der Waals surface area contributed by atoms with Gasteiger partial charge in [0.15, 0.2) is 0 Å². The molecule has 0 aromatic carbocycles. The van der Waals surface area contributed by atoms with Crippen molar-refractivity contribution in [3.8, 4) is 0 Å². The molecule has 0 radical (unpaired) electrons. The number of hydrogen-bond donors (Lipinski definition) is 2. The highest BCUT2D eigenvalue weighted by Gasteiger charge is 2.25. The van der Waals surface area contributed by atoms with E-state index in [0.29, 0.717) is 37.1 Å². The van der Waals surface area contributed by atoms with Crippen molar-refractivity contribution in [2.75, 3.05) is 13.2 Å². The Kier molecular flexibility index (Phi) is 9.54. The summed E-state index contributed by atoms with van der Waals surface area (Å²) in [6.45, 7) is 10.1. The molecule has 4 atom stereocenters. The van der Waals surface area contributed by atoms with Crippen LogP contribution in [0.4, 0.5) is 0 Å². The van der Waals surface area contributed by atoms with Gasteiger partial charge in [0.05, 0.1) is 18.8 Å². The predicted octanol–water partition coefficient (Wildman–Crippen LogP) is 3.75. The third-order valence-corrected chi connectivity index (χ3v) is 5.30. The standard InChI is InChI=1S/C18H37NO2/c1-5-15(6-2)14(4)19-12-17(20)13-21-18-11-9-8-10-16(18)7-3/h14-20H,5-13H2,1-4H3. The van der Waals surface area contributed by atoms with Crippen LogP contribution in [0.1, 0.15) is 72.6 Å². The minimum Gasteiger partial charge on any atom is -0.389 e. The first kappa shape index (κ1) is 18.9. The monoisotopic (exact) mass is 299 g/mol. The van der Waals surface area contributed by atoms with Crippen molar-refractivity contribution in [1.82, 2.24) is 5.32 Å². The van der Waals surface area contributed by atoms with E-state index < -0.39 is 0 Å². The van der Waals surface area contributed by atoms with Crippen LogP contribution in [0.3, 0.4) is 0 Å². The first-order chi connectivity index (χ1) is 10.1. The van der Waals surface area contributed by atoms with E-state index in [1.807, 2.05) is 0 Å². The summed E-state index contributed by atoms with van der Waals surface area (Å²) in [4.78, 5) is 0. The minimum atomic E-state index is -0.388. The molecule has 1 saturated carbocycles. The number of ether oxygens (including phenoxy) is 1. The van der Waals surface area contributed by atoms with Crippen LogP contribution < -0.4 is 5.32 Å². The third-order valence-electron chi connectivity index (χ3n) is 5.30. The average molecular weight is 299 g/mol. The fourth-order valence-electron chi connectivity index (χ4n) is 3.64. The summed E-state index contributed by atoms with van der Waals surface area (Å²) >= 11 is 0. The van der Waals surface area contributed by atoms with Gasteiger partial charge in [-0.15, -0.1) is 0 Å². The van der Waals surface area contributed by atoms with Gasteiger partial charge in [0.2, 0.25) is 0 Å². The highest BCUT2D eigenvalue weighted by Crippen LogP contribution is 2.29. The van der Waals surface area contributed by atoms with Crippen molar-refractivity contribution >= 4 is 0 Å². The van der Waals surface area contributed by atoms with Crippen molar-refractivity contribution < 1.29 is 9.84 Å². The molecule has 0 spiro atoms. The van der Waals surface area contributed by atoms with Gasteiger partial charge < -0.3 is 15.2 Å². The highest BCUT2D eigenvalue weighted by molar-refractivity contribution is 4.76. The second-order valence-electron chi connectivity index (χ2n) is 6.75. The van der Waals surface area contributed by atoms with Gasteiger partial charge in [-0.2, -0.15) is 0 Å². The van der Waals surface area contributed by atoms with Crippen molar-refractivity contribution in [2.24, 2.45) is 11.8 Å². The summed E-state index contributed by atoms with van der Waals surface area (Å²) in [6.07, 6.45) is 8.65. The number of hydrogen-bond acceptors (Lipinski definition) is 3. The SMILES string of the molecule is CCC(CC)C(C)NCC(O)COC1CCCCC1CC.